The first kappa shape index (κ1) is 22.6. The third kappa shape index (κ3) is 4.76. The highest BCUT2D eigenvalue weighted by Gasteiger charge is 2.30. The molecule has 0 radical (unpaired) electrons. The number of carbonyl (C=O) groups excluding carboxylic acids is 1. The molecule has 0 bridgehead atoms. The van der Waals surface area contributed by atoms with E-state index in [-0.39, 0.29) is 36.4 Å². The molecule has 0 aliphatic carbocycles. The molecule has 3 aromatic rings. The lowest BCUT2D eigenvalue weighted by Gasteiger charge is -2.35. The zero-order valence-corrected chi connectivity index (χ0v) is 18.2. The molecule has 1 fully saturated rings. The van der Waals surface area contributed by atoms with Crippen LogP contribution in [0.2, 0.25) is 0 Å². The summed E-state index contributed by atoms with van der Waals surface area (Å²) in [5, 5.41) is 5.80. The molecule has 33 heavy (non-hydrogen) atoms. The zero-order valence-electron chi connectivity index (χ0n) is 18.2. The Bertz CT molecular complexity index is 1180. The molecule has 1 aliphatic heterocycles. The summed E-state index contributed by atoms with van der Waals surface area (Å²) in [6.45, 7) is 5.93. The van der Waals surface area contributed by atoms with E-state index in [0.29, 0.717) is 23.7 Å². The van der Waals surface area contributed by atoms with Gasteiger partial charge < -0.3 is 20.1 Å². The van der Waals surface area contributed by atoms with Gasteiger partial charge in [-0.25, -0.2) is 28.1 Å². The number of rotatable bonds is 6. The van der Waals surface area contributed by atoms with Gasteiger partial charge in [0.15, 0.2) is 0 Å². The van der Waals surface area contributed by atoms with Crippen molar-refractivity contribution in [1.82, 2.24) is 19.5 Å². The fourth-order valence-electron chi connectivity index (χ4n) is 3.94. The van der Waals surface area contributed by atoms with Gasteiger partial charge in [-0.15, -0.1) is 0 Å². The Hall–Kier alpha value is -3.63. The predicted molar refractivity (Wildman–Crippen MR) is 120 cm³/mol. The highest BCUT2D eigenvalue weighted by molar-refractivity contribution is 6.00. The molecule has 1 amide bonds. The minimum Gasteiger partial charge on any atom is -0.350 e. The Morgan fingerprint density at radius 2 is 2.00 bits per heavy atom. The molecule has 0 spiro atoms. The smallest absolute Gasteiger partial charge is 0.266 e. The van der Waals surface area contributed by atoms with Crippen LogP contribution < -0.4 is 15.5 Å². The van der Waals surface area contributed by atoms with Crippen LogP contribution in [0.4, 0.5) is 30.8 Å². The van der Waals surface area contributed by atoms with E-state index in [1.807, 2.05) is 29.5 Å². The third-order valence-corrected chi connectivity index (χ3v) is 5.59. The van der Waals surface area contributed by atoms with E-state index in [0.717, 1.165) is 23.5 Å². The Labute approximate surface area is 188 Å². The van der Waals surface area contributed by atoms with Gasteiger partial charge in [-0.05, 0) is 30.7 Å². The number of aryl methyl sites for hydroxylation is 2. The van der Waals surface area contributed by atoms with E-state index in [9.17, 15) is 18.0 Å². The maximum absolute atomic E-state index is 14.6. The van der Waals surface area contributed by atoms with Crippen molar-refractivity contribution in [2.45, 2.75) is 32.0 Å². The minimum absolute atomic E-state index is 0.166. The molecule has 11 heteroatoms. The number of carbonyl (C=O) groups is 1. The van der Waals surface area contributed by atoms with E-state index >= 15 is 0 Å². The van der Waals surface area contributed by atoms with Crippen molar-refractivity contribution < 1.29 is 18.0 Å². The number of amides is 1. The summed E-state index contributed by atoms with van der Waals surface area (Å²) >= 11 is 0. The molecular formula is C22H24F3N7O. The summed E-state index contributed by atoms with van der Waals surface area (Å²) in [6.07, 6.45) is -0.224. The quantitative estimate of drug-likeness (QED) is 0.546. The number of halogens is 3. The molecule has 3 heterocycles. The summed E-state index contributed by atoms with van der Waals surface area (Å²) in [7, 11) is 1.85. The Morgan fingerprint density at radius 1 is 1.27 bits per heavy atom. The van der Waals surface area contributed by atoms with Crippen molar-refractivity contribution in [2.75, 3.05) is 28.6 Å². The molecule has 2 atom stereocenters. The Balaban J connectivity index is 1.57. The van der Waals surface area contributed by atoms with Crippen molar-refractivity contribution in [3.05, 3.63) is 48.3 Å². The van der Waals surface area contributed by atoms with Crippen molar-refractivity contribution in [1.29, 1.82) is 0 Å². The summed E-state index contributed by atoms with van der Waals surface area (Å²) in [6, 6.07) is 3.35. The number of nitrogens with one attached hydrogen (secondary N) is 2. The van der Waals surface area contributed by atoms with E-state index in [1.54, 1.807) is 6.07 Å². The molecule has 0 unspecified atom stereocenters. The highest BCUT2D eigenvalue weighted by Crippen LogP contribution is 2.29. The molecule has 4 rings (SSSR count). The van der Waals surface area contributed by atoms with Gasteiger partial charge in [0.05, 0.1) is 23.1 Å². The average molecular weight is 459 g/mol. The fourth-order valence-corrected chi connectivity index (χ4v) is 3.94. The monoisotopic (exact) mass is 459 g/mol. The van der Waals surface area contributed by atoms with Crippen LogP contribution in [-0.4, -0.2) is 50.7 Å². The lowest BCUT2D eigenvalue weighted by atomic mass is 10.0. The first-order chi connectivity index (χ1) is 15.7. The van der Waals surface area contributed by atoms with Crippen LogP contribution in [0.15, 0.2) is 37.2 Å². The number of anilines is 3. The van der Waals surface area contributed by atoms with Crippen molar-refractivity contribution in [3.8, 4) is 0 Å². The van der Waals surface area contributed by atoms with Crippen LogP contribution in [0.3, 0.4) is 0 Å². The number of nitrogens with zero attached hydrogens (tertiary/aromatic N) is 5. The Morgan fingerprint density at radius 3 is 2.67 bits per heavy atom. The van der Waals surface area contributed by atoms with Crippen LogP contribution >= 0.6 is 0 Å². The van der Waals surface area contributed by atoms with E-state index in [4.69, 9.17) is 0 Å². The minimum atomic E-state index is -2.65. The zero-order chi connectivity index (χ0) is 23.7. The number of alkyl halides is 3. The first-order valence-corrected chi connectivity index (χ1v) is 10.4. The van der Waals surface area contributed by atoms with E-state index in [2.05, 4.69) is 32.2 Å². The SMILES string of the molecule is C=CC(=O)Nc1cc2nc(N3C[C@@H](F)C[C@@H](Nc4ncc(C(F)F)cn4)C3)n(C)c2cc1C. The average Bonchev–Trinajstić information content (AvgIpc) is 3.09. The molecule has 1 aromatic carbocycles. The van der Waals surface area contributed by atoms with Gasteiger partial charge in [-0.1, -0.05) is 6.58 Å². The maximum Gasteiger partial charge on any atom is 0.266 e. The van der Waals surface area contributed by atoms with Crippen molar-refractivity contribution >= 4 is 34.5 Å². The molecule has 2 aromatic heterocycles. The fraction of sp³-hybridized carbons (Fsp3) is 0.364. The van der Waals surface area contributed by atoms with Crippen molar-refractivity contribution in [2.24, 2.45) is 7.05 Å². The lowest BCUT2D eigenvalue weighted by molar-refractivity contribution is -0.111. The normalized spacial score (nSPS) is 18.5. The van der Waals surface area contributed by atoms with E-state index in [1.165, 1.54) is 6.08 Å². The second-order valence-electron chi connectivity index (χ2n) is 8.04. The standard InChI is InChI=1S/C22H24F3N7O/c1-4-19(33)29-16-7-17-18(5-12(16)2)31(3)22(30-17)32-10-14(23)6-15(11-32)28-21-26-8-13(9-27-21)20(24)25/h4-5,7-9,14-15,20H,1,6,10-11H2,2-3H3,(H,29,33)(H,26,27,28)/t14-,15+/m0/s1. The lowest BCUT2D eigenvalue weighted by Crippen LogP contribution is -2.48. The van der Waals surface area contributed by atoms with Gasteiger partial charge >= 0.3 is 0 Å². The van der Waals surface area contributed by atoms with Crippen LogP contribution in [0.25, 0.3) is 11.0 Å². The molecule has 1 saturated heterocycles. The van der Waals surface area contributed by atoms with Crippen molar-refractivity contribution in [3.63, 3.8) is 0 Å². The molecule has 1 aliphatic rings. The van der Waals surface area contributed by atoms with Gasteiger partial charge in [0.1, 0.15) is 6.17 Å². The molecule has 0 saturated carbocycles. The van der Waals surface area contributed by atoms with Gasteiger partial charge in [0.25, 0.3) is 6.43 Å². The summed E-state index contributed by atoms with van der Waals surface area (Å²) in [5.41, 5.74) is 2.72. The van der Waals surface area contributed by atoms with Crippen LogP contribution in [0.5, 0.6) is 0 Å². The topological polar surface area (TPSA) is 88.0 Å². The number of aromatic nitrogens is 4. The first-order valence-electron chi connectivity index (χ1n) is 10.4. The number of fused-ring (bicyclic) bond motifs is 1. The maximum atomic E-state index is 14.6. The number of benzene rings is 1. The summed E-state index contributed by atoms with van der Waals surface area (Å²) in [5.74, 6) is 0.434. The van der Waals surface area contributed by atoms with Crippen LogP contribution in [0, 0.1) is 6.92 Å². The van der Waals surface area contributed by atoms with Gasteiger partial charge in [-0.3, -0.25) is 4.79 Å². The number of hydrogen-bond acceptors (Lipinski definition) is 6. The summed E-state index contributed by atoms with van der Waals surface area (Å²) in [4.78, 5) is 26.0. The van der Waals surface area contributed by atoms with E-state index < -0.39 is 12.6 Å². The van der Waals surface area contributed by atoms with Crippen LogP contribution in [0.1, 0.15) is 24.0 Å². The molecule has 8 nitrogen and oxygen atoms in total. The number of imidazole rings is 1. The second kappa shape index (κ2) is 9.08. The molecule has 2 N–H and O–H groups in total. The molecular weight excluding hydrogens is 435 g/mol. The van der Waals surface area contributed by atoms with Gasteiger partial charge in [0.2, 0.25) is 17.8 Å². The van der Waals surface area contributed by atoms with Gasteiger partial charge in [0, 0.05) is 44.1 Å². The Kier molecular flexibility index (Phi) is 6.21. The number of piperidine rings is 1. The highest BCUT2D eigenvalue weighted by atomic mass is 19.3. The molecule has 174 valence electrons. The predicted octanol–water partition coefficient (Wildman–Crippen LogP) is 3.76. The number of hydrogen-bond donors (Lipinski definition) is 2. The summed E-state index contributed by atoms with van der Waals surface area (Å²) < 4.78 is 41.9. The second-order valence-corrected chi connectivity index (χ2v) is 8.04. The van der Waals surface area contributed by atoms with Crippen LogP contribution in [-0.2, 0) is 11.8 Å². The third-order valence-electron chi connectivity index (χ3n) is 5.59. The van der Waals surface area contributed by atoms with Gasteiger partial charge in [-0.2, -0.15) is 0 Å². The largest absolute Gasteiger partial charge is 0.350 e.